The van der Waals surface area contributed by atoms with Gasteiger partial charge in [-0.1, -0.05) is 48.0 Å². The smallest absolute Gasteiger partial charge is 0.331 e. The first-order valence-corrected chi connectivity index (χ1v) is 9.25. The molecule has 8 nitrogen and oxygen atoms in total. The van der Waals surface area contributed by atoms with E-state index in [0.29, 0.717) is 6.42 Å². The fourth-order valence-corrected chi connectivity index (χ4v) is 3.22. The molecule has 1 amide bonds. The lowest BCUT2D eigenvalue weighted by Gasteiger charge is -2.16. The minimum atomic E-state index is -0.761. The first-order valence-electron chi connectivity index (χ1n) is 9.25. The molecule has 0 radical (unpaired) electrons. The third-order valence-electron chi connectivity index (χ3n) is 4.52. The van der Waals surface area contributed by atoms with Crippen molar-refractivity contribution < 1.29 is 14.3 Å². The number of aryl methyl sites for hydroxylation is 3. The van der Waals surface area contributed by atoms with E-state index in [0.717, 1.165) is 27.9 Å². The van der Waals surface area contributed by atoms with E-state index in [9.17, 15) is 9.59 Å². The molecule has 150 valence electrons. The first-order chi connectivity index (χ1) is 13.9. The van der Waals surface area contributed by atoms with E-state index in [1.807, 2.05) is 63.2 Å². The van der Waals surface area contributed by atoms with Crippen LogP contribution in [0.25, 0.3) is 0 Å². The fraction of sp³-hybridized carbons (Fsp3) is 0.286. The number of rotatable bonds is 7. The van der Waals surface area contributed by atoms with Gasteiger partial charge in [0.1, 0.15) is 6.33 Å². The Morgan fingerprint density at radius 3 is 2.41 bits per heavy atom. The molecule has 0 aliphatic rings. The number of tetrazole rings is 1. The predicted molar refractivity (Wildman–Crippen MR) is 107 cm³/mol. The van der Waals surface area contributed by atoms with Crippen molar-refractivity contribution in [3.63, 3.8) is 0 Å². The number of esters is 1. The van der Waals surface area contributed by atoms with Crippen LogP contribution in [0, 0.1) is 20.8 Å². The van der Waals surface area contributed by atoms with Crippen molar-refractivity contribution in [3.8, 4) is 0 Å². The van der Waals surface area contributed by atoms with Crippen LogP contribution in [0.3, 0.4) is 0 Å². The van der Waals surface area contributed by atoms with Crippen LogP contribution < -0.4 is 5.32 Å². The second-order valence-electron chi connectivity index (χ2n) is 6.92. The van der Waals surface area contributed by atoms with Crippen molar-refractivity contribution in [1.82, 2.24) is 20.2 Å². The second-order valence-corrected chi connectivity index (χ2v) is 6.92. The largest absolute Gasteiger partial charge is 0.454 e. The highest BCUT2D eigenvalue weighted by molar-refractivity contribution is 5.94. The van der Waals surface area contributed by atoms with E-state index in [1.54, 1.807) is 0 Å². The maximum Gasteiger partial charge on any atom is 0.331 e. The Bertz CT molecular complexity index is 964. The van der Waals surface area contributed by atoms with Crippen LogP contribution in [0.15, 0.2) is 48.8 Å². The highest BCUT2D eigenvalue weighted by atomic mass is 16.5. The van der Waals surface area contributed by atoms with Gasteiger partial charge >= 0.3 is 5.97 Å². The predicted octanol–water partition coefficient (Wildman–Crippen LogP) is 2.56. The summed E-state index contributed by atoms with van der Waals surface area (Å²) in [7, 11) is 0. The molecule has 3 rings (SSSR count). The molecule has 0 spiro atoms. The SMILES string of the molecule is Cc1cc(C)c(NC(=O)COC(=O)[C@@H](Cc2ccccc2)n2cnnn2)c(C)c1. The Morgan fingerprint density at radius 1 is 1.10 bits per heavy atom. The molecule has 1 heterocycles. The van der Waals surface area contributed by atoms with E-state index in [1.165, 1.54) is 11.0 Å². The Balaban J connectivity index is 1.65. The van der Waals surface area contributed by atoms with Crippen molar-refractivity contribution in [3.05, 3.63) is 71.0 Å². The maximum atomic E-state index is 12.7. The van der Waals surface area contributed by atoms with Crippen LogP contribution in [-0.4, -0.2) is 38.7 Å². The molecule has 2 aromatic carbocycles. The van der Waals surface area contributed by atoms with Gasteiger partial charge in [0.25, 0.3) is 5.91 Å². The van der Waals surface area contributed by atoms with E-state index < -0.39 is 17.9 Å². The molecule has 29 heavy (non-hydrogen) atoms. The topological polar surface area (TPSA) is 99.0 Å². The van der Waals surface area contributed by atoms with Crippen LogP contribution in [-0.2, 0) is 20.7 Å². The van der Waals surface area contributed by atoms with Gasteiger partial charge in [-0.15, -0.1) is 5.10 Å². The number of hydrogen-bond donors (Lipinski definition) is 1. The lowest BCUT2D eigenvalue weighted by Crippen LogP contribution is -2.28. The van der Waals surface area contributed by atoms with Crippen LogP contribution in [0.5, 0.6) is 0 Å². The van der Waals surface area contributed by atoms with Crippen molar-refractivity contribution in [2.75, 3.05) is 11.9 Å². The molecule has 0 saturated carbocycles. The number of anilines is 1. The molecule has 0 aliphatic carbocycles. The average molecular weight is 393 g/mol. The summed E-state index contributed by atoms with van der Waals surface area (Å²) in [6.07, 6.45) is 1.70. The summed E-state index contributed by atoms with van der Waals surface area (Å²) in [5, 5.41) is 13.8. The fourth-order valence-electron chi connectivity index (χ4n) is 3.22. The third-order valence-corrected chi connectivity index (χ3v) is 4.52. The Morgan fingerprint density at radius 2 is 1.79 bits per heavy atom. The standard InChI is InChI=1S/C21H23N5O3/c1-14-9-15(2)20(16(3)10-14)23-19(27)12-29-21(28)18(26-13-22-24-25-26)11-17-7-5-4-6-8-17/h4-10,13,18H,11-12H2,1-3H3,(H,23,27)/t18-/m1/s1. The molecule has 1 aromatic heterocycles. The normalized spacial score (nSPS) is 11.7. The summed E-state index contributed by atoms with van der Waals surface area (Å²) in [5.74, 6) is -0.975. The Kier molecular flexibility index (Phi) is 6.33. The molecule has 0 unspecified atom stereocenters. The number of nitrogens with one attached hydrogen (secondary N) is 1. The van der Waals surface area contributed by atoms with Gasteiger partial charge in [0.05, 0.1) is 0 Å². The van der Waals surface area contributed by atoms with Crippen LogP contribution in [0.4, 0.5) is 5.69 Å². The summed E-state index contributed by atoms with van der Waals surface area (Å²) in [5.41, 5.74) is 4.70. The molecule has 1 N–H and O–H groups in total. The molecular weight excluding hydrogens is 370 g/mol. The molecule has 0 saturated heterocycles. The average Bonchev–Trinajstić information content (AvgIpc) is 3.22. The summed E-state index contributed by atoms with van der Waals surface area (Å²) in [4.78, 5) is 25.0. The van der Waals surface area contributed by atoms with Crippen molar-refractivity contribution in [2.24, 2.45) is 0 Å². The van der Waals surface area contributed by atoms with Gasteiger partial charge in [0.2, 0.25) is 0 Å². The summed E-state index contributed by atoms with van der Waals surface area (Å²) >= 11 is 0. The number of hydrogen-bond acceptors (Lipinski definition) is 6. The number of carbonyl (C=O) groups excluding carboxylic acids is 2. The molecule has 0 fully saturated rings. The third kappa shape index (κ3) is 5.25. The van der Waals surface area contributed by atoms with Crippen molar-refractivity contribution >= 4 is 17.6 Å². The molecule has 8 heteroatoms. The lowest BCUT2D eigenvalue weighted by atomic mass is 10.1. The molecular formula is C21H23N5O3. The lowest BCUT2D eigenvalue weighted by molar-refractivity contribution is -0.151. The van der Waals surface area contributed by atoms with Gasteiger partial charge in [-0.2, -0.15) is 0 Å². The van der Waals surface area contributed by atoms with Crippen LogP contribution in [0.2, 0.25) is 0 Å². The number of amides is 1. The molecule has 1 atom stereocenters. The Hall–Kier alpha value is -3.55. The number of carbonyl (C=O) groups is 2. The second kappa shape index (κ2) is 9.09. The number of nitrogens with zero attached hydrogens (tertiary/aromatic N) is 4. The molecule has 0 aliphatic heterocycles. The van der Waals surface area contributed by atoms with E-state index in [2.05, 4.69) is 20.8 Å². The van der Waals surface area contributed by atoms with Gasteiger partial charge in [0.15, 0.2) is 12.6 Å². The molecule has 0 bridgehead atoms. The summed E-state index contributed by atoms with van der Waals surface area (Å²) < 4.78 is 6.61. The zero-order chi connectivity index (χ0) is 20.8. The Labute approximate surface area is 168 Å². The van der Waals surface area contributed by atoms with Gasteiger partial charge in [-0.05, 0) is 47.9 Å². The minimum absolute atomic E-state index is 0.350. The quantitative estimate of drug-likeness (QED) is 0.620. The van der Waals surface area contributed by atoms with Crippen LogP contribution >= 0.6 is 0 Å². The van der Waals surface area contributed by atoms with Gasteiger partial charge in [-0.25, -0.2) is 9.48 Å². The van der Waals surface area contributed by atoms with Crippen molar-refractivity contribution in [2.45, 2.75) is 33.2 Å². The number of benzene rings is 2. The zero-order valence-electron chi connectivity index (χ0n) is 16.6. The molecule has 3 aromatic rings. The van der Waals surface area contributed by atoms with Crippen LogP contribution in [0.1, 0.15) is 28.3 Å². The van der Waals surface area contributed by atoms with Gasteiger partial charge in [-0.3, -0.25) is 4.79 Å². The minimum Gasteiger partial charge on any atom is -0.454 e. The van der Waals surface area contributed by atoms with E-state index >= 15 is 0 Å². The number of aromatic nitrogens is 4. The monoisotopic (exact) mass is 393 g/mol. The summed E-state index contributed by atoms with van der Waals surface area (Å²) in [6.45, 7) is 5.46. The van der Waals surface area contributed by atoms with Crippen molar-refractivity contribution in [1.29, 1.82) is 0 Å². The highest BCUT2D eigenvalue weighted by Gasteiger charge is 2.25. The number of ether oxygens (including phenoxy) is 1. The first kappa shape index (κ1) is 20.2. The highest BCUT2D eigenvalue weighted by Crippen LogP contribution is 2.22. The van der Waals surface area contributed by atoms with Gasteiger partial charge in [0, 0.05) is 12.1 Å². The zero-order valence-corrected chi connectivity index (χ0v) is 16.6. The van der Waals surface area contributed by atoms with E-state index in [-0.39, 0.29) is 6.61 Å². The van der Waals surface area contributed by atoms with Gasteiger partial charge < -0.3 is 10.1 Å². The summed E-state index contributed by atoms with van der Waals surface area (Å²) in [6, 6.07) is 12.7. The van der Waals surface area contributed by atoms with E-state index in [4.69, 9.17) is 4.74 Å². The maximum absolute atomic E-state index is 12.7.